The summed E-state index contributed by atoms with van der Waals surface area (Å²) in [6.07, 6.45) is 2.64. The van der Waals surface area contributed by atoms with Crippen LogP contribution < -0.4 is 10.6 Å². The first-order valence-corrected chi connectivity index (χ1v) is 8.79. The quantitative estimate of drug-likeness (QED) is 0.670. The molecule has 1 aromatic heterocycles. The number of guanidine groups is 1. The van der Waals surface area contributed by atoms with Gasteiger partial charge in [-0.3, -0.25) is 4.99 Å². The van der Waals surface area contributed by atoms with Crippen LogP contribution in [0.4, 0.5) is 0 Å². The van der Waals surface area contributed by atoms with Crippen molar-refractivity contribution in [1.29, 1.82) is 0 Å². The van der Waals surface area contributed by atoms with Crippen molar-refractivity contribution in [3.05, 3.63) is 30.1 Å². The first-order valence-electron chi connectivity index (χ1n) is 7.74. The van der Waals surface area contributed by atoms with Crippen molar-refractivity contribution in [2.24, 2.45) is 12.0 Å². The predicted octanol–water partition coefficient (Wildman–Crippen LogP) is 2.13. The highest BCUT2D eigenvalue weighted by molar-refractivity contribution is 8.00. The number of aliphatic imine (C=N–C) groups is 1. The number of rotatable bonds is 4. The summed E-state index contributed by atoms with van der Waals surface area (Å²) < 4.78 is 2.13. The number of fused-ring (bicyclic) bond motifs is 1. The zero-order valence-electron chi connectivity index (χ0n) is 13.2. The minimum absolute atomic E-state index is 0.669. The summed E-state index contributed by atoms with van der Waals surface area (Å²) in [5.74, 6) is 3.15. The van der Waals surface area contributed by atoms with E-state index in [2.05, 4.69) is 50.1 Å². The number of benzene rings is 1. The molecule has 0 amide bonds. The van der Waals surface area contributed by atoms with Crippen molar-refractivity contribution in [3.63, 3.8) is 0 Å². The highest BCUT2D eigenvalue weighted by Gasteiger charge is 2.15. The number of nitrogens with one attached hydrogen (secondary N) is 2. The van der Waals surface area contributed by atoms with Crippen molar-refractivity contribution in [1.82, 2.24) is 20.2 Å². The number of para-hydroxylation sites is 2. The summed E-state index contributed by atoms with van der Waals surface area (Å²) in [6, 6.07) is 8.20. The van der Waals surface area contributed by atoms with Crippen LogP contribution in [-0.2, 0) is 13.6 Å². The van der Waals surface area contributed by atoms with Crippen molar-refractivity contribution in [3.8, 4) is 0 Å². The van der Waals surface area contributed by atoms with Gasteiger partial charge < -0.3 is 15.2 Å². The third-order valence-electron chi connectivity index (χ3n) is 4.04. The van der Waals surface area contributed by atoms with Crippen LogP contribution in [0.5, 0.6) is 0 Å². The normalized spacial score (nSPS) is 18.8. The standard InChI is InChI=1S/C16H23N5S/c1-17-16(18-10-12-6-5-9-22-12)19-11-15-20-13-7-3-4-8-14(13)21(15)2/h3-4,7-8,12H,5-6,9-11H2,1-2H3,(H2,17,18,19). The van der Waals surface area contributed by atoms with Gasteiger partial charge in [0.15, 0.2) is 5.96 Å². The molecule has 0 bridgehead atoms. The molecule has 2 N–H and O–H groups in total. The Hall–Kier alpha value is -1.69. The van der Waals surface area contributed by atoms with E-state index < -0.39 is 0 Å². The minimum Gasteiger partial charge on any atom is -0.355 e. The SMILES string of the molecule is CN=C(NCc1nc2ccccc2n1C)NCC1CCCS1. The third kappa shape index (κ3) is 3.38. The summed E-state index contributed by atoms with van der Waals surface area (Å²) >= 11 is 2.05. The van der Waals surface area contributed by atoms with Crippen molar-refractivity contribution in [2.45, 2.75) is 24.6 Å². The van der Waals surface area contributed by atoms with Gasteiger partial charge in [0.2, 0.25) is 0 Å². The van der Waals surface area contributed by atoms with Gasteiger partial charge in [0.1, 0.15) is 5.82 Å². The molecule has 0 spiro atoms. The third-order valence-corrected chi connectivity index (χ3v) is 5.44. The lowest BCUT2D eigenvalue weighted by molar-refractivity contribution is 0.708. The van der Waals surface area contributed by atoms with Crippen LogP contribution in [0.1, 0.15) is 18.7 Å². The summed E-state index contributed by atoms with van der Waals surface area (Å²) in [5.41, 5.74) is 2.19. The van der Waals surface area contributed by atoms with Crippen LogP contribution >= 0.6 is 11.8 Å². The van der Waals surface area contributed by atoms with E-state index in [-0.39, 0.29) is 0 Å². The number of thioether (sulfide) groups is 1. The van der Waals surface area contributed by atoms with E-state index in [1.54, 1.807) is 0 Å². The Kier molecular flexibility index (Phi) is 4.87. The first-order chi connectivity index (χ1) is 10.8. The van der Waals surface area contributed by atoms with Crippen LogP contribution in [0.25, 0.3) is 11.0 Å². The molecule has 0 saturated carbocycles. The number of aromatic nitrogens is 2. The van der Waals surface area contributed by atoms with E-state index in [0.717, 1.165) is 29.4 Å². The Morgan fingerprint density at radius 1 is 1.41 bits per heavy atom. The number of imidazole rings is 1. The Balaban J connectivity index is 1.58. The molecule has 118 valence electrons. The van der Waals surface area contributed by atoms with Gasteiger partial charge in [0.25, 0.3) is 0 Å². The molecule has 1 unspecified atom stereocenters. The summed E-state index contributed by atoms with van der Waals surface area (Å²) in [4.78, 5) is 8.97. The molecule has 1 fully saturated rings. The molecule has 1 aliphatic heterocycles. The van der Waals surface area contributed by atoms with Crippen molar-refractivity contribution in [2.75, 3.05) is 19.3 Å². The molecule has 2 heterocycles. The van der Waals surface area contributed by atoms with E-state index in [0.29, 0.717) is 11.8 Å². The second-order valence-electron chi connectivity index (χ2n) is 5.52. The Labute approximate surface area is 135 Å². The first kappa shape index (κ1) is 15.2. The molecule has 0 radical (unpaired) electrons. The lowest BCUT2D eigenvalue weighted by Gasteiger charge is -2.14. The molecule has 1 aliphatic rings. The van der Waals surface area contributed by atoms with Crippen LogP contribution in [0, 0.1) is 0 Å². The maximum Gasteiger partial charge on any atom is 0.191 e. The average Bonchev–Trinajstić information content (AvgIpc) is 3.17. The van der Waals surface area contributed by atoms with Crippen molar-refractivity contribution < 1.29 is 0 Å². The molecule has 0 aliphatic carbocycles. The van der Waals surface area contributed by atoms with E-state index in [1.807, 2.05) is 25.2 Å². The number of nitrogens with zero attached hydrogens (tertiary/aromatic N) is 3. The van der Waals surface area contributed by atoms with Gasteiger partial charge in [0.05, 0.1) is 17.6 Å². The van der Waals surface area contributed by atoms with E-state index in [1.165, 1.54) is 18.6 Å². The average molecular weight is 317 g/mol. The van der Waals surface area contributed by atoms with E-state index in [9.17, 15) is 0 Å². The predicted molar refractivity (Wildman–Crippen MR) is 94.4 cm³/mol. The van der Waals surface area contributed by atoms with Gasteiger partial charge in [0, 0.05) is 25.9 Å². The molecule has 2 aromatic rings. The van der Waals surface area contributed by atoms with E-state index >= 15 is 0 Å². The zero-order chi connectivity index (χ0) is 15.4. The molecule has 1 saturated heterocycles. The lowest BCUT2D eigenvalue weighted by Crippen LogP contribution is -2.40. The monoisotopic (exact) mass is 317 g/mol. The molecule has 22 heavy (non-hydrogen) atoms. The van der Waals surface area contributed by atoms with E-state index in [4.69, 9.17) is 0 Å². The van der Waals surface area contributed by atoms with Gasteiger partial charge in [-0.2, -0.15) is 11.8 Å². The number of hydrogen-bond acceptors (Lipinski definition) is 3. The van der Waals surface area contributed by atoms with Crippen LogP contribution in [0.2, 0.25) is 0 Å². The zero-order valence-corrected chi connectivity index (χ0v) is 14.0. The van der Waals surface area contributed by atoms with Gasteiger partial charge >= 0.3 is 0 Å². The summed E-state index contributed by atoms with van der Waals surface area (Å²) in [6.45, 7) is 1.65. The largest absolute Gasteiger partial charge is 0.355 e. The van der Waals surface area contributed by atoms with Gasteiger partial charge in [-0.25, -0.2) is 4.98 Å². The number of hydrogen-bond donors (Lipinski definition) is 2. The molecular weight excluding hydrogens is 294 g/mol. The second kappa shape index (κ2) is 7.05. The molecule has 1 aromatic carbocycles. The van der Waals surface area contributed by atoms with Crippen LogP contribution in [0.3, 0.4) is 0 Å². The summed E-state index contributed by atoms with van der Waals surface area (Å²) in [5, 5.41) is 7.49. The van der Waals surface area contributed by atoms with Gasteiger partial charge in [-0.1, -0.05) is 12.1 Å². The molecular formula is C16H23N5S. The fraction of sp³-hybridized carbons (Fsp3) is 0.500. The van der Waals surface area contributed by atoms with Crippen LogP contribution in [-0.4, -0.2) is 40.1 Å². The minimum atomic E-state index is 0.669. The van der Waals surface area contributed by atoms with Crippen molar-refractivity contribution >= 4 is 28.8 Å². The highest BCUT2D eigenvalue weighted by atomic mass is 32.2. The fourth-order valence-corrected chi connectivity index (χ4v) is 3.95. The smallest absolute Gasteiger partial charge is 0.191 e. The van der Waals surface area contributed by atoms with Crippen LogP contribution in [0.15, 0.2) is 29.3 Å². The maximum atomic E-state index is 4.67. The fourth-order valence-electron chi connectivity index (χ4n) is 2.75. The molecule has 1 atom stereocenters. The Morgan fingerprint density at radius 2 is 2.27 bits per heavy atom. The Morgan fingerprint density at radius 3 is 3.00 bits per heavy atom. The maximum absolute atomic E-state index is 4.67. The summed E-state index contributed by atoms with van der Waals surface area (Å²) in [7, 11) is 3.86. The lowest BCUT2D eigenvalue weighted by atomic mass is 10.2. The van der Waals surface area contributed by atoms with Gasteiger partial charge in [-0.15, -0.1) is 0 Å². The number of aryl methyl sites for hydroxylation is 1. The Bertz CT molecular complexity index is 658. The molecule has 6 heteroatoms. The highest BCUT2D eigenvalue weighted by Crippen LogP contribution is 2.25. The topological polar surface area (TPSA) is 54.2 Å². The second-order valence-corrected chi connectivity index (χ2v) is 6.93. The van der Waals surface area contributed by atoms with Gasteiger partial charge in [-0.05, 0) is 30.7 Å². The molecule has 3 rings (SSSR count). The molecule has 5 nitrogen and oxygen atoms in total.